The third-order valence-electron chi connectivity index (χ3n) is 2.07. The summed E-state index contributed by atoms with van der Waals surface area (Å²) in [4.78, 5) is 4.41. The van der Waals surface area contributed by atoms with Gasteiger partial charge < -0.3 is 5.32 Å². The van der Waals surface area contributed by atoms with Crippen LogP contribution < -0.4 is 5.32 Å². The molecule has 74 valence electrons. The summed E-state index contributed by atoms with van der Waals surface area (Å²) in [6.45, 7) is 5.22. The molecule has 14 heavy (non-hydrogen) atoms. The van der Waals surface area contributed by atoms with Crippen molar-refractivity contribution in [2.24, 2.45) is 4.99 Å². The van der Waals surface area contributed by atoms with Gasteiger partial charge in [-0.25, -0.2) is 0 Å². The molecule has 1 N–H and O–H groups in total. The molecule has 0 unspecified atom stereocenters. The van der Waals surface area contributed by atoms with E-state index in [-0.39, 0.29) is 0 Å². The Hall–Kier alpha value is -0.960. The molecule has 0 saturated carbocycles. The zero-order valence-electron chi connectivity index (χ0n) is 8.45. The normalized spacial score (nSPS) is 20.7. The summed E-state index contributed by atoms with van der Waals surface area (Å²) < 4.78 is 0. The molecule has 2 rings (SSSR count). The number of rotatable bonds is 1. The Bertz CT molecular complexity index is 360. The fraction of sp³-hybridized carbons (Fsp3) is 0.364. The van der Waals surface area contributed by atoms with Crippen LogP contribution in [0.25, 0.3) is 0 Å². The van der Waals surface area contributed by atoms with Gasteiger partial charge in [-0.2, -0.15) is 0 Å². The zero-order chi connectivity index (χ0) is 9.97. The lowest BCUT2D eigenvalue weighted by atomic mass is 10.2. The molecule has 0 fully saturated rings. The van der Waals surface area contributed by atoms with Gasteiger partial charge in [0.25, 0.3) is 0 Å². The first kappa shape index (κ1) is 9.59. The van der Waals surface area contributed by atoms with Crippen LogP contribution in [-0.4, -0.2) is 17.0 Å². The van der Waals surface area contributed by atoms with E-state index in [2.05, 4.69) is 48.4 Å². The predicted octanol–water partition coefficient (Wildman–Crippen LogP) is 2.90. The molecule has 0 aromatic heterocycles. The van der Waals surface area contributed by atoms with Crippen molar-refractivity contribution in [3.63, 3.8) is 0 Å². The van der Waals surface area contributed by atoms with E-state index in [1.165, 1.54) is 5.56 Å². The topological polar surface area (TPSA) is 24.4 Å². The summed E-state index contributed by atoms with van der Waals surface area (Å²) >= 11 is 1.81. The van der Waals surface area contributed by atoms with Crippen LogP contribution in [0.5, 0.6) is 0 Å². The molecule has 1 heterocycles. The highest BCUT2D eigenvalue weighted by Crippen LogP contribution is 2.22. The zero-order valence-corrected chi connectivity index (χ0v) is 9.27. The molecule has 0 bridgehead atoms. The van der Waals surface area contributed by atoms with E-state index >= 15 is 0 Å². The van der Waals surface area contributed by atoms with Crippen molar-refractivity contribution in [1.29, 1.82) is 0 Å². The van der Waals surface area contributed by atoms with Crippen molar-refractivity contribution < 1.29 is 0 Å². The van der Waals surface area contributed by atoms with E-state index in [9.17, 15) is 0 Å². The maximum absolute atomic E-state index is 4.41. The Kier molecular flexibility index (Phi) is 2.77. The Morgan fingerprint density at radius 2 is 2.36 bits per heavy atom. The van der Waals surface area contributed by atoms with Gasteiger partial charge in [0.05, 0.1) is 6.54 Å². The summed E-state index contributed by atoms with van der Waals surface area (Å²) in [5, 5.41) is 4.98. The molecule has 2 nitrogen and oxygen atoms in total. The minimum atomic E-state index is 0.613. The number of hydrogen-bond donors (Lipinski definition) is 1. The van der Waals surface area contributed by atoms with Gasteiger partial charge in [-0.1, -0.05) is 30.8 Å². The first-order valence-corrected chi connectivity index (χ1v) is 5.67. The minimum absolute atomic E-state index is 0.613. The molecule has 0 amide bonds. The molecule has 1 aliphatic heterocycles. The van der Waals surface area contributed by atoms with Crippen LogP contribution >= 0.6 is 11.8 Å². The first-order chi connectivity index (χ1) is 6.74. The van der Waals surface area contributed by atoms with E-state index in [1.54, 1.807) is 11.8 Å². The molecule has 3 heteroatoms. The van der Waals surface area contributed by atoms with Crippen molar-refractivity contribution in [2.45, 2.75) is 19.1 Å². The van der Waals surface area contributed by atoms with Crippen molar-refractivity contribution in [3.05, 3.63) is 29.8 Å². The molecule has 0 aliphatic carbocycles. The first-order valence-electron chi connectivity index (χ1n) is 4.79. The molecule has 1 aromatic rings. The van der Waals surface area contributed by atoms with Crippen LogP contribution in [0.2, 0.25) is 0 Å². The van der Waals surface area contributed by atoms with E-state index < -0.39 is 0 Å². The van der Waals surface area contributed by atoms with E-state index in [0.717, 1.165) is 17.4 Å². The monoisotopic (exact) mass is 206 g/mol. The van der Waals surface area contributed by atoms with Crippen LogP contribution in [0.15, 0.2) is 29.3 Å². The number of hydrogen-bond acceptors (Lipinski definition) is 3. The van der Waals surface area contributed by atoms with Crippen LogP contribution in [0.1, 0.15) is 12.5 Å². The lowest BCUT2D eigenvalue weighted by Gasteiger charge is -2.06. The van der Waals surface area contributed by atoms with Crippen LogP contribution in [-0.2, 0) is 0 Å². The van der Waals surface area contributed by atoms with Gasteiger partial charge in [-0.05, 0) is 24.6 Å². The summed E-state index contributed by atoms with van der Waals surface area (Å²) in [5.41, 5.74) is 2.40. The quantitative estimate of drug-likeness (QED) is 0.764. The largest absolute Gasteiger partial charge is 0.335 e. The van der Waals surface area contributed by atoms with E-state index in [1.807, 2.05) is 0 Å². The smallest absolute Gasteiger partial charge is 0.161 e. The fourth-order valence-corrected chi connectivity index (χ4v) is 2.25. The van der Waals surface area contributed by atoms with Gasteiger partial charge in [-0.15, -0.1) is 0 Å². The van der Waals surface area contributed by atoms with Gasteiger partial charge in [0.1, 0.15) is 0 Å². The van der Waals surface area contributed by atoms with Crippen molar-refractivity contribution in [3.8, 4) is 0 Å². The van der Waals surface area contributed by atoms with Crippen LogP contribution in [0, 0.1) is 6.92 Å². The van der Waals surface area contributed by atoms with Crippen molar-refractivity contribution >= 4 is 22.6 Å². The summed E-state index contributed by atoms with van der Waals surface area (Å²) in [6, 6.07) is 8.35. The van der Waals surface area contributed by atoms with Gasteiger partial charge in [0, 0.05) is 10.9 Å². The lowest BCUT2D eigenvalue weighted by Crippen LogP contribution is -2.05. The highest BCUT2D eigenvalue weighted by atomic mass is 32.2. The summed E-state index contributed by atoms with van der Waals surface area (Å²) in [5.74, 6) is 0. The Morgan fingerprint density at radius 3 is 3.00 bits per heavy atom. The number of nitrogens with one attached hydrogen (secondary N) is 1. The highest BCUT2D eigenvalue weighted by molar-refractivity contribution is 8.15. The summed E-state index contributed by atoms with van der Waals surface area (Å²) in [7, 11) is 0. The standard InChI is InChI=1S/C11H14N2S/c1-8-4-3-5-10(6-8)13-11-12-7-9(2)14-11/h3-6,9H,7H2,1-2H3,(H,12,13)/t9-/m1/s1. The van der Waals surface area contributed by atoms with Crippen LogP contribution in [0.4, 0.5) is 5.69 Å². The fourth-order valence-electron chi connectivity index (χ4n) is 1.39. The van der Waals surface area contributed by atoms with Gasteiger partial charge >= 0.3 is 0 Å². The second-order valence-corrected chi connectivity index (χ2v) is 5.00. The van der Waals surface area contributed by atoms with Gasteiger partial charge in [0.2, 0.25) is 0 Å². The molecular formula is C11H14N2S. The number of aryl methyl sites for hydroxylation is 1. The second-order valence-electron chi connectivity index (χ2n) is 3.57. The number of benzene rings is 1. The minimum Gasteiger partial charge on any atom is -0.335 e. The SMILES string of the molecule is Cc1cccc(NC2=NC[C@@H](C)S2)c1. The van der Waals surface area contributed by atoms with Crippen molar-refractivity contribution in [2.75, 3.05) is 11.9 Å². The Balaban J connectivity index is 2.04. The van der Waals surface area contributed by atoms with Gasteiger partial charge in [-0.3, -0.25) is 4.99 Å². The molecule has 0 saturated heterocycles. The van der Waals surface area contributed by atoms with Crippen molar-refractivity contribution in [1.82, 2.24) is 0 Å². The number of thioether (sulfide) groups is 1. The molecule has 0 spiro atoms. The van der Waals surface area contributed by atoms with Gasteiger partial charge in [0.15, 0.2) is 5.17 Å². The highest BCUT2D eigenvalue weighted by Gasteiger charge is 2.14. The lowest BCUT2D eigenvalue weighted by molar-refractivity contribution is 0.976. The second kappa shape index (κ2) is 4.05. The van der Waals surface area contributed by atoms with E-state index in [4.69, 9.17) is 0 Å². The molecule has 1 aliphatic rings. The molecular weight excluding hydrogens is 192 g/mol. The molecule has 0 radical (unpaired) electrons. The van der Waals surface area contributed by atoms with Crippen LogP contribution in [0.3, 0.4) is 0 Å². The summed E-state index contributed by atoms with van der Waals surface area (Å²) in [6.07, 6.45) is 0. The third-order valence-corrected chi connectivity index (χ3v) is 3.08. The number of amidine groups is 1. The average Bonchev–Trinajstić information content (AvgIpc) is 2.51. The predicted molar refractivity (Wildman–Crippen MR) is 64.2 cm³/mol. The molecule has 1 atom stereocenters. The number of nitrogens with zero attached hydrogens (tertiary/aromatic N) is 1. The average molecular weight is 206 g/mol. The molecule has 1 aromatic carbocycles. The Labute approximate surface area is 88.8 Å². The maximum Gasteiger partial charge on any atom is 0.161 e. The number of anilines is 1. The Morgan fingerprint density at radius 1 is 1.50 bits per heavy atom. The van der Waals surface area contributed by atoms with E-state index in [0.29, 0.717) is 5.25 Å². The number of aliphatic imine (C=N–C) groups is 1. The third kappa shape index (κ3) is 2.29. The maximum atomic E-state index is 4.41.